The van der Waals surface area contributed by atoms with Gasteiger partial charge in [0.15, 0.2) is 11.6 Å². The molecule has 21 heavy (non-hydrogen) atoms. The van der Waals surface area contributed by atoms with Crippen LogP contribution in [0.5, 0.6) is 5.75 Å². The Balaban J connectivity index is 3.37. The van der Waals surface area contributed by atoms with E-state index in [1.165, 1.54) is 0 Å². The molecule has 0 aliphatic carbocycles. The summed E-state index contributed by atoms with van der Waals surface area (Å²) in [4.78, 5) is 0. The predicted octanol–water partition coefficient (Wildman–Crippen LogP) is 5.00. The van der Waals surface area contributed by atoms with Crippen LogP contribution >= 0.6 is 0 Å². The highest BCUT2D eigenvalue weighted by Gasteiger charge is 2.37. The van der Waals surface area contributed by atoms with Crippen molar-refractivity contribution in [2.24, 2.45) is 0 Å². The van der Waals surface area contributed by atoms with Gasteiger partial charge in [0.1, 0.15) is 0 Å². The third-order valence-corrected chi connectivity index (χ3v) is 2.12. The second-order valence-corrected chi connectivity index (χ2v) is 3.63. The molecule has 0 aliphatic heterocycles. The maximum Gasteiger partial charge on any atom is 0.573 e. The fraction of sp³-hybridized carbons (Fsp3) is 0.167. The smallest absolute Gasteiger partial charge is 0.399 e. The van der Waals surface area contributed by atoms with Crippen molar-refractivity contribution in [2.45, 2.75) is 12.5 Å². The van der Waals surface area contributed by atoms with E-state index in [9.17, 15) is 35.1 Å². The largest absolute Gasteiger partial charge is 0.573 e. The van der Waals surface area contributed by atoms with Crippen molar-refractivity contribution in [3.8, 4) is 5.75 Å². The van der Waals surface area contributed by atoms with E-state index in [4.69, 9.17) is 0 Å². The summed E-state index contributed by atoms with van der Waals surface area (Å²) >= 11 is 0. The molecule has 0 bridgehead atoms. The Kier molecular flexibility index (Phi) is 4.65. The van der Waals surface area contributed by atoms with E-state index in [2.05, 4.69) is 11.3 Å². The molecule has 0 radical (unpaired) electrons. The predicted molar refractivity (Wildman–Crippen MR) is 57.3 cm³/mol. The van der Waals surface area contributed by atoms with E-state index < -0.39 is 41.1 Å². The zero-order valence-electron chi connectivity index (χ0n) is 9.95. The molecule has 0 amide bonds. The first kappa shape index (κ1) is 17.0. The zero-order valence-corrected chi connectivity index (χ0v) is 9.95. The summed E-state index contributed by atoms with van der Waals surface area (Å²) in [5.41, 5.74) is -2.46. The first-order valence-corrected chi connectivity index (χ1v) is 5.11. The number of halogens is 8. The van der Waals surface area contributed by atoms with E-state index in [1.54, 1.807) is 0 Å². The van der Waals surface area contributed by atoms with Crippen molar-refractivity contribution in [1.82, 2.24) is 0 Å². The zero-order chi connectivity index (χ0) is 16.4. The van der Waals surface area contributed by atoms with Gasteiger partial charge in [-0.15, -0.1) is 13.2 Å². The topological polar surface area (TPSA) is 9.23 Å². The number of benzene rings is 1. The van der Waals surface area contributed by atoms with E-state index >= 15 is 0 Å². The lowest BCUT2D eigenvalue weighted by Crippen LogP contribution is -2.19. The number of hydrogen-bond acceptors (Lipinski definition) is 1. The molecule has 0 unspecified atom stereocenters. The molecule has 9 heteroatoms. The van der Waals surface area contributed by atoms with Crippen LogP contribution in [-0.2, 0) is 0 Å². The van der Waals surface area contributed by atoms with E-state index in [-0.39, 0.29) is 12.1 Å². The molecule has 0 N–H and O–H groups in total. The van der Waals surface area contributed by atoms with Crippen LogP contribution in [0.15, 0.2) is 30.9 Å². The number of rotatable bonds is 3. The fourth-order valence-electron chi connectivity index (χ4n) is 1.40. The SMILES string of the molecule is C=C/C=C(\c1cc(F)c(OC(F)(F)F)c(F)c1)C(F)(F)F. The second-order valence-electron chi connectivity index (χ2n) is 3.63. The molecular weight excluding hydrogens is 312 g/mol. The van der Waals surface area contributed by atoms with Gasteiger partial charge in [-0.2, -0.15) is 13.2 Å². The van der Waals surface area contributed by atoms with Crippen LogP contribution in [0.3, 0.4) is 0 Å². The Bertz CT molecular complexity index is 545. The molecule has 0 atom stereocenters. The van der Waals surface area contributed by atoms with E-state index in [1.807, 2.05) is 0 Å². The lowest BCUT2D eigenvalue weighted by Gasteiger charge is -2.15. The van der Waals surface area contributed by atoms with Crippen molar-refractivity contribution in [1.29, 1.82) is 0 Å². The van der Waals surface area contributed by atoms with Gasteiger partial charge in [0.25, 0.3) is 0 Å². The summed E-state index contributed by atoms with van der Waals surface area (Å²) in [7, 11) is 0. The van der Waals surface area contributed by atoms with Crippen molar-refractivity contribution >= 4 is 5.57 Å². The Labute approximate surface area is 113 Å². The highest BCUT2D eigenvalue weighted by Crippen LogP contribution is 2.37. The molecule has 1 aromatic carbocycles. The summed E-state index contributed by atoms with van der Waals surface area (Å²) in [6, 6.07) is 0.181. The van der Waals surface area contributed by atoms with Crippen LogP contribution in [0.1, 0.15) is 5.56 Å². The van der Waals surface area contributed by atoms with Gasteiger partial charge in [-0.25, -0.2) is 8.78 Å². The molecule has 0 spiro atoms. The van der Waals surface area contributed by atoms with Gasteiger partial charge in [-0.1, -0.05) is 12.7 Å². The van der Waals surface area contributed by atoms with Gasteiger partial charge in [0, 0.05) is 0 Å². The molecule has 1 rings (SSSR count). The van der Waals surface area contributed by atoms with Crippen LogP contribution in [0.2, 0.25) is 0 Å². The first-order valence-electron chi connectivity index (χ1n) is 5.11. The standard InChI is InChI=1S/C12H6F8O/c1-2-3-7(11(15,16)17)6-4-8(13)10(9(14)5-6)21-12(18,19)20/h2-5H,1H2/b7-3+. The summed E-state index contributed by atoms with van der Waals surface area (Å²) in [6.07, 6.45) is -9.20. The molecule has 0 saturated heterocycles. The highest BCUT2D eigenvalue weighted by molar-refractivity contribution is 5.71. The lowest BCUT2D eigenvalue weighted by molar-refractivity contribution is -0.276. The van der Waals surface area contributed by atoms with Crippen molar-refractivity contribution < 1.29 is 39.9 Å². The van der Waals surface area contributed by atoms with Crippen LogP contribution < -0.4 is 4.74 Å². The molecule has 1 nitrogen and oxygen atoms in total. The third kappa shape index (κ3) is 4.47. The van der Waals surface area contributed by atoms with Gasteiger partial charge in [-0.05, 0) is 23.8 Å². The Hall–Kier alpha value is -2.06. The van der Waals surface area contributed by atoms with Crippen LogP contribution in [0.4, 0.5) is 35.1 Å². The summed E-state index contributed by atoms with van der Waals surface area (Å²) in [5, 5.41) is 0. The minimum Gasteiger partial charge on any atom is -0.399 e. The molecule has 0 aromatic heterocycles. The second kappa shape index (κ2) is 5.74. The van der Waals surface area contributed by atoms with Gasteiger partial charge in [0.05, 0.1) is 5.57 Å². The number of allylic oxidation sites excluding steroid dienone is 3. The quantitative estimate of drug-likeness (QED) is 0.563. The maximum atomic E-state index is 13.3. The molecule has 116 valence electrons. The molecular formula is C12H6F8O. The third-order valence-electron chi connectivity index (χ3n) is 2.12. The maximum absolute atomic E-state index is 13.3. The number of hydrogen-bond donors (Lipinski definition) is 0. The molecule has 0 saturated carbocycles. The lowest BCUT2D eigenvalue weighted by atomic mass is 10.0. The van der Waals surface area contributed by atoms with Gasteiger partial charge in [0.2, 0.25) is 5.75 Å². The summed E-state index contributed by atoms with van der Waals surface area (Å²) < 4.78 is 103. The van der Waals surface area contributed by atoms with Crippen LogP contribution in [0, 0.1) is 11.6 Å². The minimum absolute atomic E-state index is 0.0903. The highest BCUT2D eigenvalue weighted by atomic mass is 19.4. The molecule has 1 aromatic rings. The van der Waals surface area contributed by atoms with E-state index in [0.717, 1.165) is 6.08 Å². The van der Waals surface area contributed by atoms with Gasteiger partial charge < -0.3 is 4.74 Å². The molecule has 0 heterocycles. The monoisotopic (exact) mass is 318 g/mol. The van der Waals surface area contributed by atoms with Crippen LogP contribution in [0.25, 0.3) is 5.57 Å². The number of alkyl halides is 6. The Morgan fingerprint density at radius 3 is 1.81 bits per heavy atom. The van der Waals surface area contributed by atoms with Crippen molar-refractivity contribution in [2.75, 3.05) is 0 Å². The van der Waals surface area contributed by atoms with Gasteiger partial charge >= 0.3 is 12.5 Å². The average Bonchev–Trinajstić information content (AvgIpc) is 2.28. The fourth-order valence-corrected chi connectivity index (χ4v) is 1.40. The Morgan fingerprint density at radius 2 is 1.48 bits per heavy atom. The van der Waals surface area contributed by atoms with Crippen molar-refractivity contribution in [3.63, 3.8) is 0 Å². The van der Waals surface area contributed by atoms with E-state index in [0.29, 0.717) is 6.08 Å². The minimum atomic E-state index is -5.38. The normalized spacial score (nSPS) is 13.2. The molecule has 0 fully saturated rings. The molecule has 0 aliphatic rings. The number of ether oxygens (including phenoxy) is 1. The first-order chi connectivity index (χ1) is 9.45. The van der Waals surface area contributed by atoms with Crippen LogP contribution in [-0.4, -0.2) is 12.5 Å². The van der Waals surface area contributed by atoms with Crippen molar-refractivity contribution in [3.05, 3.63) is 48.1 Å². The summed E-state index contributed by atoms with van der Waals surface area (Å²) in [6.45, 7) is 3.01. The van der Waals surface area contributed by atoms with Gasteiger partial charge in [-0.3, -0.25) is 0 Å². The Morgan fingerprint density at radius 1 is 1.00 bits per heavy atom. The summed E-state index contributed by atoms with van der Waals surface area (Å²) in [5.74, 6) is -5.66. The average molecular weight is 318 g/mol.